The molecule has 1 aliphatic carbocycles. The molecule has 1 heterocycles. The minimum absolute atomic E-state index is 0.0923. The molecule has 1 saturated heterocycles. The lowest BCUT2D eigenvalue weighted by atomic mass is 9.82. The first kappa shape index (κ1) is 14.8. The van der Waals surface area contributed by atoms with E-state index in [1.54, 1.807) is 7.11 Å². The van der Waals surface area contributed by atoms with Crippen LogP contribution >= 0.6 is 0 Å². The number of hydrogen-bond donors (Lipinski definition) is 2. The SMILES string of the molecule is COC1(C(=O)NCC2CCCC(C)C2)CCNCC1. The molecule has 1 saturated carbocycles. The van der Waals surface area contributed by atoms with Gasteiger partial charge in [-0.15, -0.1) is 0 Å². The summed E-state index contributed by atoms with van der Waals surface area (Å²) < 4.78 is 5.55. The smallest absolute Gasteiger partial charge is 0.252 e. The molecule has 2 rings (SSSR count). The third-order valence-corrected chi connectivity index (χ3v) is 4.81. The van der Waals surface area contributed by atoms with Crippen molar-refractivity contribution in [1.29, 1.82) is 0 Å². The van der Waals surface area contributed by atoms with Gasteiger partial charge >= 0.3 is 0 Å². The van der Waals surface area contributed by atoms with Gasteiger partial charge in [0, 0.05) is 13.7 Å². The molecule has 1 aliphatic heterocycles. The Bertz CT molecular complexity index is 301. The number of amides is 1. The Morgan fingerprint density at radius 2 is 2.11 bits per heavy atom. The Hall–Kier alpha value is -0.610. The van der Waals surface area contributed by atoms with Gasteiger partial charge in [-0.25, -0.2) is 0 Å². The first-order chi connectivity index (χ1) is 9.16. The zero-order valence-corrected chi connectivity index (χ0v) is 12.3. The molecule has 110 valence electrons. The average molecular weight is 268 g/mol. The fourth-order valence-electron chi connectivity index (χ4n) is 3.50. The molecule has 4 nitrogen and oxygen atoms in total. The molecule has 0 aromatic rings. The first-order valence-electron chi connectivity index (χ1n) is 7.70. The molecule has 0 aromatic heterocycles. The summed E-state index contributed by atoms with van der Waals surface area (Å²) in [5, 5.41) is 6.42. The third kappa shape index (κ3) is 3.69. The second kappa shape index (κ2) is 6.71. The minimum Gasteiger partial charge on any atom is -0.368 e. The summed E-state index contributed by atoms with van der Waals surface area (Å²) in [4.78, 5) is 12.4. The fraction of sp³-hybridized carbons (Fsp3) is 0.933. The van der Waals surface area contributed by atoms with E-state index in [0.29, 0.717) is 5.92 Å². The maximum Gasteiger partial charge on any atom is 0.252 e. The van der Waals surface area contributed by atoms with Crippen LogP contribution in [0.4, 0.5) is 0 Å². The molecule has 2 fully saturated rings. The highest BCUT2D eigenvalue weighted by atomic mass is 16.5. The van der Waals surface area contributed by atoms with Crippen molar-refractivity contribution in [3.63, 3.8) is 0 Å². The monoisotopic (exact) mass is 268 g/mol. The van der Waals surface area contributed by atoms with Crippen molar-refractivity contribution in [2.75, 3.05) is 26.7 Å². The number of methoxy groups -OCH3 is 1. The van der Waals surface area contributed by atoms with Gasteiger partial charge in [-0.2, -0.15) is 0 Å². The average Bonchev–Trinajstić information content (AvgIpc) is 2.45. The van der Waals surface area contributed by atoms with Crippen LogP contribution in [0, 0.1) is 11.8 Å². The summed E-state index contributed by atoms with van der Waals surface area (Å²) in [5.74, 6) is 1.56. The highest BCUT2D eigenvalue weighted by Crippen LogP contribution is 2.28. The molecular weight excluding hydrogens is 240 g/mol. The third-order valence-electron chi connectivity index (χ3n) is 4.81. The summed E-state index contributed by atoms with van der Waals surface area (Å²) in [5.41, 5.74) is -0.592. The predicted molar refractivity (Wildman–Crippen MR) is 76.0 cm³/mol. The Labute approximate surface area is 116 Å². The Kier molecular flexibility index (Phi) is 5.22. The molecular formula is C15H28N2O2. The van der Waals surface area contributed by atoms with Crippen molar-refractivity contribution >= 4 is 5.91 Å². The van der Waals surface area contributed by atoms with E-state index in [1.807, 2.05) is 0 Å². The van der Waals surface area contributed by atoms with Gasteiger partial charge in [-0.1, -0.05) is 19.8 Å². The van der Waals surface area contributed by atoms with Crippen LogP contribution in [0.5, 0.6) is 0 Å². The van der Waals surface area contributed by atoms with E-state index in [1.165, 1.54) is 25.7 Å². The van der Waals surface area contributed by atoms with E-state index in [4.69, 9.17) is 4.74 Å². The highest BCUT2D eigenvalue weighted by Gasteiger charge is 2.39. The quantitative estimate of drug-likeness (QED) is 0.816. The van der Waals surface area contributed by atoms with Crippen LogP contribution in [0.25, 0.3) is 0 Å². The van der Waals surface area contributed by atoms with Gasteiger partial charge < -0.3 is 15.4 Å². The standard InChI is InChI=1S/C15H28N2O2/c1-12-4-3-5-13(10-12)11-17-14(18)15(19-2)6-8-16-9-7-15/h12-13,16H,3-11H2,1-2H3,(H,17,18). The lowest BCUT2D eigenvalue weighted by Crippen LogP contribution is -2.54. The summed E-state index contributed by atoms with van der Waals surface area (Å²) >= 11 is 0. The maximum absolute atomic E-state index is 12.4. The van der Waals surface area contributed by atoms with Crippen LogP contribution in [-0.4, -0.2) is 38.3 Å². The number of carbonyl (C=O) groups is 1. The van der Waals surface area contributed by atoms with Gasteiger partial charge in [0.1, 0.15) is 5.60 Å². The lowest BCUT2D eigenvalue weighted by Gasteiger charge is -2.35. The second-order valence-electron chi connectivity index (χ2n) is 6.30. The number of ether oxygens (including phenoxy) is 1. The molecule has 0 radical (unpaired) electrons. The van der Waals surface area contributed by atoms with E-state index < -0.39 is 5.60 Å². The molecule has 1 amide bonds. The second-order valence-corrected chi connectivity index (χ2v) is 6.30. The van der Waals surface area contributed by atoms with Crippen molar-refractivity contribution in [1.82, 2.24) is 10.6 Å². The van der Waals surface area contributed by atoms with Gasteiger partial charge in [-0.05, 0) is 50.6 Å². The zero-order valence-electron chi connectivity index (χ0n) is 12.3. The van der Waals surface area contributed by atoms with Crippen LogP contribution in [0.1, 0.15) is 45.4 Å². The number of hydrogen-bond acceptors (Lipinski definition) is 3. The lowest BCUT2D eigenvalue weighted by molar-refractivity contribution is -0.147. The van der Waals surface area contributed by atoms with E-state index in [2.05, 4.69) is 17.6 Å². The Balaban J connectivity index is 1.82. The van der Waals surface area contributed by atoms with Crippen molar-refractivity contribution in [3.05, 3.63) is 0 Å². The minimum atomic E-state index is -0.592. The van der Waals surface area contributed by atoms with E-state index in [-0.39, 0.29) is 5.91 Å². The first-order valence-corrected chi connectivity index (χ1v) is 7.70. The van der Waals surface area contributed by atoms with Gasteiger partial charge in [0.05, 0.1) is 0 Å². The van der Waals surface area contributed by atoms with Gasteiger partial charge in [0.2, 0.25) is 0 Å². The number of carbonyl (C=O) groups excluding carboxylic acids is 1. The zero-order chi connectivity index (χ0) is 13.7. The molecule has 2 N–H and O–H groups in total. The highest BCUT2D eigenvalue weighted by molar-refractivity contribution is 5.85. The topological polar surface area (TPSA) is 50.4 Å². The molecule has 0 aromatic carbocycles. The molecule has 19 heavy (non-hydrogen) atoms. The Morgan fingerprint density at radius 1 is 1.37 bits per heavy atom. The van der Waals surface area contributed by atoms with Gasteiger partial charge in [-0.3, -0.25) is 4.79 Å². The fourth-order valence-corrected chi connectivity index (χ4v) is 3.50. The van der Waals surface area contributed by atoms with Crippen LogP contribution in [0.15, 0.2) is 0 Å². The largest absolute Gasteiger partial charge is 0.368 e. The van der Waals surface area contributed by atoms with E-state index in [0.717, 1.165) is 38.4 Å². The summed E-state index contributed by atoms with van der Waals surface area (Å²) in [7, 11) is 1.66. The predicted octanol–water partition coefficient (Wildman–Crippen LogP) is 1.70. The van der Waals surface area contributed by atoms with Crippen molar-refractivity contribution < 1.29 is 9.53 Å². The van der Waals surface area contributed by atoms with Crippen LogP contribution in [0.3, 0.4) is 0 Å². The molecule has 0 bridgehead atoms. The molecule has 2 atom stereocenters. The van der Waals surface area contributed by atoms with Gasteiger partial charge in [0.15, 0.2) is 0 Å². The van der Waals surface area contributed by atoms with Crippen molar-refractivity contribution in [3.8, 4) is 0 Å². The van der Waals surface area contributed by atoms with Crippen LogP contribution in [-0.2, 0) is 9.53 Å². The summed E-state index contributed by atoms with van der Waals surface area (Å²) in [6.45, 7) is 4.86. The van der Waals surface area contributed by atoms with E-state index >= 15 is 0 Å². The van der Waals surface area contributed by atoms with Gasteiger partial charge in [0.25, 0.3) is 5.91 Å². The molecule has 2 aliphatic rings. The van der Waals surface area contributed by atoms with Crippen molar-refractivity contribution in [2.24, 2.45) is 11.8 Å². The van der Waals surface area contributed by atoms with E-state index in [9.17, 15) is 4.79 Å². The maximum atomic E-state index is 12.4. The number of rotatable bonds is 4. The normalized spacial score (nSPS) is 30.8. The number of piperidine rings is 1. The summed E-state index contributed by atoms with van der Waals surface area (Å²) in [6, 6.07) is 0. The molecule has 4 heteroatoms. The Morgan fingerprint density at radius 3 is 2.74 bits per heavy atom. The molecule has 0 spiro atoms. The summed E-state index contributed by atoms with van der Waals surface area (Å²) in [6.07, 6.45) is 6.71. The van der Waals surface area contributed by atoms with Crippen LogP contribution < -0.4 is 10.6 Å². The van der Waals surface area contributed by atoms with Crippen molar-refractivity contribution in [2.45, 2.75) is 51.0 Å². The number of nitrogens with one attached hydrogen (secondary N) is 2. The molecule has 2 unspecified atom stereocenters. The van der Waals surface area contributed by atoms with Crippen LogP contribution in [0.2, 0.25) is 0 Å².